The van der Waals surface area contributed by atoms with E-state index >= 15 is 0 Å². The molecule has 0 aliphatic carbocycles. The van der Waals surface area contributed by atoms with E-state index in [1.54, 1.807) is 0 Å². The molecule has 0 aromatic heterocycles. The maximum atomic E-state index is 12.4. The number of benzene rings is 1. The van der Waals surface area contributed by atoms with E-state index in [1.165, 1.54) is 0 Å². The highest BCUT2D eigenvalue weighted by Crippen LogP contribution is 2.20. The standard InChI is InChI=1S/C17H26N2O3/c1-2-9-19-10-5-7-15(19)17(21)18-13-14-6-3-4-8-16(14)22-12-11-20/h3-4,6,8,15,20H,2,5,7,9-13H2,1H3,(H,18,21). The van der Waals surface area contributed by atoms with Crippen molar-refractivity contribution in [3.63, 3.8) is 0 Å². The van der Waals surface area contributed by atoms with Crippen molar-refractivity contribution >= 4 is 5.91 Å². The summed E-state index contributed by atoms with van der Waals surface area (Å²) >= 11 is 0. The monoisotopic (exact) mass is 306 g/mol. The largest absolute Gasteiger partial charge is 0.491 e. The van der Waals surface area contributed by atoms with E-state index in [9.17, 15) is 4.79 Å². The number of nitrogens with zero attached hydrogens (tertiary/aromatic N) is 1. The zero-order valence-corrected chi connectivity index (χ0v) is 13.3. The molecule has 5 heteroatoms. The minimum absolute atomic E-state index is 0.00507. The lowest BCUT2D eigenvalue weighted by Gasteiger charge is -2.23. The van der Waals surface area contributed by atoms with Gasteiger partial charge in [0.25, 0.3) is 0 Å². The summed E-state index contributed by atoms with van der Waals surface area (Å²) in [4.78, 5) is 14.7. The van der Waals surface area contributed by atoms with E-state index in [0.29, 0.717) is 12.3 Å². The molecule has 1 aliphatic rings. The lowest BCUT2D eigenvalue weighted by atomic mass is 10.1. The molecule has 0 radical (unpaired) electrons. The molecule has 1 aromatic rings. The number of amides is 1. The van der Waals surface area contributed by atoms with Crippen LogP contribution in [0.5, 0.6) is 5.75 Å². The summed E-state index contributed by atoms with van der Waals surface area (Å²) in [7, 11) is 0. The summed E-state index contributed by atoms with van der Waals surface area (Å²) in [6, 6.07) is 7.61. The van der Waals surface area contributed by atoms with E-state index < -0.39 is 0 Å². The van der Waals surface area contributed by atoms with Crippen LogP contribution in [0.1, 0.15) is 31.7 Å². The van der Waals surface area contributed by atoms with Gasteiger partial charge in [-0.15, -0.1) is 0 Å². The zero-order chi connectivity index (χ0) is 15.8. The molecule has 0 saturated carbocycles. The molecule has 122 valence electrons. The van der Waals surface area contributed by atoms with E-state index in [2.05, 4.69) is 17.1 Å². The van der Waals surface area contributed by atoms with Gasteiger partial charge in [0.1, 0.15) is 12.4 Å². The smallest absolute Gasteiger partial charge is 0.237 e. The van der Waals surface area contributed by atoms with Gasteiger partial charge in [-0.3, -0.25) is 9.69 Å². The maximum absolute atomic E-state index is 12.4. The van der Waals surface area contributed by atoms with Gasteiger partial charge in [0.05, 0.1) is 12.6 Å². The van der Waals surface area contributed by atoms with Crippen LogP contribution in [0.2, 0.25) is 0 Å². The summed E-state index contributed by atoms with van der Waals surface area (Å²) in [6.45, 7) is 4.84. The summed E-state index contributed by atoms with van der Waals surface area (Å²) in [5.74, 6) is 0.816. The molecule has 1 fully saturated rings. The molecule has 1 unspecified atom stereocenters. The lowest BCUT2D eigenvalue weighted by Crippen LogP contribution is -2.43. The number of aliphatic hydroxyl groups is 1. The van der Waals surface area contributed by atoms with Crippen molar-refractivity contribution in [1.82, 2.24) is 10.2 Å². The van der Waals surface area contributed by atoms with Crippen molar-refractivity contribution in [2.75, 3.05) is 26.3 Å². The summed E-state index contributed by atoms with van der Waals surface area (Å²) in [5.41, 5.74) is 0.935. The average Bonchev–Trinajstić information content (AvgIpc) is 3.00. The Hall–Kier alpha value is -1.59. The molecule has 0 spiro atoms. The summed E-state index contributed by atoms with van der Waals surface area (Å²) < 4.78 is 5.49. The molecule has 1 heterocycles. The number of nitrogens with one attached hydrogen (secondary N) is 1. The zero-order valence-electron chi connectivity index (χ0n) is 13.3. The first kappa shape index (κ1) is 16.8. The second kappa shape index (κ2) is 8.76. The van der Waals surface area contributed by atoms with Gasteiger partial charge < -0.3 is 15.2 Å². The van der Waals surface area contributed by atoms with Crippen LogP contribution in [0, 0.1) is 0 Å². The fourth-order valence-electron chi connectivity index (χ4n) is 2.92. The normalized spacial score (nSPS) is 18.4. The molecule has 2 rings (SSSR count). The second-order valence-electron chi connectivity index (χ2n) is 5.59. The quantitative estimate of drug-likeness (QED) is 0.765. The van der Waals surface area contributed by atoms with Gasteiger partial charge in [-0.2, -0.15) is 0 Å². The third kappa shape index (κ3) is 4.45. The first-order valence-corrected chi connectivity index (χ1v) is 8.09. The fraction of sp³-hybridized carbons (Fsp3) is 0.588. The van der Waals surface area contributed by atoms with Gasteiger partial charge in [0.2, 0.25) is 5.91 Å². The molecule has 1 aromatic carbocycles. The Morgan fingerprint density at radius 1 is 1.45 bits per heavy atom. The van der Waals surface area contributed by atoms with Crippen molar-refractivity contribution in [3.8, 4) is 5.75 Å². The molecule has 2 N–H and O–H groups in total. The van der Waals surface area contributed by atoms with Crippen LogP contribution in [0.3, 0.4) is 0 Å². The molecular formula is C17H26N2O3. The fourth-order valence-corrected chi connectivity index (χ4v) is 2.92. The van der Waals surface area contributed by atoms with Crippen molar-refractivity contribution in [3.05, 3.63) is 29.8 Å². The number of aliphatic hydroxyl groups excluding tert-OH is 1. The summed E-state index contributed by atoms with van der Waals surface area (Å²) in [5, 5.41) is 11.9. The maximum Gasteiger partial charge on any atom is 0.237 e. The van der Waals surface area contributed by atoms with Crippen LogP contribution < -0.4 is 10.1 Å². The predicted octanol–water partition coefficient (Wildman–Crippen LogP) is 1.55. The molecule has 1 atom stereocenters. The van der Waals surface area contributed by atoms with Gasteiger partial charge in [0.15, 0.2) is 0 Å². The van der Waals surface area contributed by atoms with Crippen LogP contribution in [0.15, 0.2) is 24.3 Å². The Balaban J connectivity index is 1.91. The SMILES string of the molecule is CCCN1CCCC1C(=O)NCc1ccccc1OCCO. The third-order valence-electron chi connectivity index (χ3n) is 3.95. The van der Waals surface area contributed by atoms with Crippen molar-refractivity contribution in [2.45, 2.75) is 38.8 Å². The first-order valence-electron chi connectivity index (χ1n) is 8.09. The van der Waals surface area contributed by atoms with Crippen LogP contribution in [0.4, 0.5) is 0 Å². The predicted molar refractivity (Wildman–Crippen MR) is 85.8 cm³/mol. The number of carbonyl (C=O) groups excluding carboxylic acids is 1. The van der Waals surface area contributed by atoms with Crippen molar-refractivity contribution in [1.29, 1.82) is 0 Å². The minimum atomic E-state index is -0.0191. The lowest BCUT2D eigenvalue weighted by molar-refractivity contribution is -0.125. The Morgan fingerprint density at radius 3 is 3.05 bits per heavy atom. The number of hydrogen-bond donors (Lipinski definition) is 2. The third-order valence-corrected chi connectivity index (χ3v) is 3.95. The van der Waals surface area contributed by atoms with Gasteiger partial charge in [-0.1, -0.05) is 25.1 Å². The highest BCUT2D eigenvalue weighted by atomic mass is 16.5. The Bertz CT molecular complexity index is 479. The molecule has 1 amide bonds. The second-order valence-corrected chi connectivity index (χ2v) is 5.59. The van der Waals surface area contributed by atoms with Crippen molar-refractivity contribution < 1.29 is 14.6 Å². The average molecular weight is 306 g/mol. The molecule has 1 saturated heterocycles. The van der Waals surface area contributed by atoms with Gasteiger partial charge in [-0.25, -0.2) is 0 Å². The number of rotatable bonds is 8. The number of likely N-dealkylation sites (tertiary alicyclic amines) is 1. The van der Waals surface area contributed by atoms with Gasteiger partial charge in [0, 0.05) is 12.1 Å². The van der Waals surface area contributed by atoms with E-state index in [1.807, 2.05) is 24.3 Å². The molecule has 1 aliphatic heterocycles. The van der Waals surface area contributed by atoms with E-state index in [4.69, 9.17) is 9.84 Å². The van der Waals surface area contributed by atoms with E-state index in [-0.39, 0.29) is 25.2 Å². The number of carbonyl (C=O) groups is 1. The van der Waals surface area contributed by atoms with Crippen LogP contribution in [-0.4, -0.2) is 48.3 Å². The Kier molecular flexibility index (Phi) is 6.68. The molecule has 0 bridgehead atoms. The Morgan fingerprint density at radius 2 is 2.27 bits per heavy atom. The first-order chi connectivity index (χ1) is 10.8. The highest BCUT2D eigenvalue weighted by Gasteiger charge is 2.29. The number of para-hydroxylation sites is 1. The van der Waals surface area contributed by atoms with Gasteiger partial charge in [-0.05, 0) is 38.4 Å². The minimum Gasteiger partial charge on any atom is -0.491 e. The topological polar surface area (TPSA) is 61.8 Å². The molecule has 5 nitrogen and oxygen atoms in total. The molecular weight excluding hydrogens is 280 g/mol. The van der Waals surface area contributed by atoms with E-state index in [0.717, 1.165) is 37.9 Å². The summed E-state index contributed by atoms with van der Waals surface area (Å²) in [6.07, 6.45) is 3.10. The number of ether oxygens (including phenoxy) is 1. The van der Waals surface area contributed by atoms with Crippen LogP contribution >= 0.6 is 0 Å². The Labute approximate surface area is 132 Å². The molecule has 22 heavy (non-hydrogen) atoms. The van der Waals surface area contributed by atoms with Crippen LogP contribution in [0.25, 0.3) is 0 Å². The van der Waals surface area contributed by atoms with Crippen molar-refractivity contribution in [2.24, 2.45) is 0 Å². The van der Waals surface area contributed by atoms with Crippen LogP contribution in [-0.2, 0) is 11.3 Å². The number of hydrogen-bond acceptors (Lipinski definition) is 4. The van der Waals surface area contributed by atoms with Gasteiger partial charge >= 0.3 is 0 Å². The highest BCUT2D eigenvalue weighted by molar-refractivity contribution is 5.82.